The van der Waals surface area contributed by atoms with Crippen LogP contribution >= 0.6 is 0 Å². The third kappa shape index (κ3) is 4.67. The Kier molecular flexibility index (Phi) is 5.44. The molecule has 1 rings (SSSR count). The lowest BCUT2D eigenvalue weighted by Gasteiger charge is -2.13. The number of nitrogens with two attached hydrogens (primary N) is 1. The van der Waals surface area contributed by atoms with Gasteiger partial charge in [0.05, 0.1) is 11.7 Å². The van der Waals surface area contributed by atoms with Gasteiger partial charge in [0.1, 0.15) is 5.82 Å². The second kappa shape index (κ2) is 6.84. The van der Waals surface area contributed by atoms with Crippen molar-refractivity contribution in [2.24, 2.45) is 5.73 Å². The monoisotopic (exact) mass is 267 g/mol. The normalized spacial score (nSPS) is 11.8. The lowest BCUT2D eigenvalue weighted by molar-refractivity contribution is -0.117. The van der Waals surface area contributed by atoms with Crippen molar-refractivity contribution in [3.05, 3.63) is 24.0 Å². The Labute approximate surface area is 111 Å². The van der Waals surface area contributed by atoms with E-state index in [0.717, 1.165) is 6.42 Å². The maximum atomic E-state index is 13.5. The van der Waals surface area contributed by atoms with Crippen LogP contribution in [0, 0.1) is 5.82 Å². The fourth-order valence-corrected chi connectivity index (χ4v) is 1.57. The number of carbonyl (C=O) groups excluding carboxylic acids is 2. The fourth-order valence-electron chi connectivity index (χ4n) is 1.57. The van der Waals surface area contributed by atoms with E-state index in [4.69, 9.17) is 5.73 Å². The van der Waals surface area contributed by atoms with Crippen molar-refractivity contribution >= 4 is 23.2 Å². The van der Waals surface area contributed by atoms with Gasteiger partial charge in [-0.1, -0.05) is 13.3 Å². The van der Waals surface area contributed by atoms with Crippen LogP contribution in [0.1, 0.15) is 26.7 Å². The van der Waals surface area contributed by atoms with Crippen LogP contribution in [0.25, 0.3) is 0 Å². The molecule has 5 nitrogen and oxygen atoms in total. The quantitative estimate of drug-likeness (QED) is 0.761. The first kappa shape index (κ1) is 15.1. The molecule has 1 atom stereocenters. The van der Waals surface area contributed by atoms with Gasteiger partial charge in [-0.15, -0.1) is 0 Å². The molecule has 0 saturated carbocycles. The first-order chi connectivity index (χ1) is 8.93. The van der Waals surface area contributed by atoms with E-state index >= 15 is 0 Å². The maximum Gasteiger partial charge on any atom is 0.241 e. The number of nitrogens with one attached hydrogen (secondary N) is 2. The third-order valence-corrected chi connectivity index (χ3v) is 2.48. The van der Waals surface area contributed by atoms with Gasteiger partial charge in [-0.2, -0.15) is 0 Å². The highest BCUT2D eigenvalue weighted by Gasteiger charge is 2.14. The van der Waals surface area contributed by atoms with Crippen LogP contribution in [0.4, 0.5) is 15.8 Å². The summed E-state index contributed by atoms with van der Waals surface area (Å²) in [5, 5.41) is 4.93. The highest BCUT2D eigenvalue weighted by molar-refractivity contribution is 5.96. The second-order valence-corrected chi connectivity index (χ2v) is 4.26. The van der Waals surface area contributed by atoms with Gasteiger partial charge in [0, 0.05) is 12.6 Å². The summed E-state index contributed by atoms with van der Waals surface area (Å²) in [5.41, 5.74) is 6.05. The molecule has 0 aromatic heterocycles. The topological polar surface area (TPSA) is 84.2 Å². The predicted molar refractivity (Wildman–Crippen MR) is 72.2 cm³/mol. The molecule has 0 aliphatic rings. The Bertz CT molecular complexity index is 477. The summed E-state index contributed by atoms with van der Waals surface area (Å²) in [6.07, 6.45) is 1.29. The molecule has 0 aliphatic heterocycles. The molecule has 1 aromatic carbocycles. The molecule has 6 heteroatoms. The van der Waals surface area contributed by atoms with Gasteiger partial charge in [-0.25, -0.2) is 4.39 Å². The van der Waals surface area contributed by atoms with E-state index in [1.165, 1.54) is 25.1 Å². The summed E-state index contributed by atoms with van der Waals surface area (Å²) >= 11 is 0. The lowest BCUT2D eigenvalue weighted by atomic mass is 10.1. The number of carbonyl (C=O) groups is 2. The molecule has 0 heterocycles. The number of anilines is 2. The van der Waals surface area contributed by atoms with Gasteiger partial charge >= 0.3 is 0 Å². The molecule has 0 unspecified atom stereocenters. The van der Waals surface area contributed by atoms with E-state index < -0.39 is 17.8 Å². The third-order valence-electron chi connectivity index (χ3n) is 2.48. The first-order valence-corrected chi connectivity index (χ1v) is 6.07. The van der Waals surface area contributed by atoms with Gasteiger partial charge in [0.15, 0.2) is 0 Å². The highest BCUT2D eigenvalue weighted by atomic mass is 19.1. The van der Waals surface area contributed by atoms with E-state index in [1.54, 1.807) is 0 Å². The minimum absolute atomic E-state index is 0.00260. The molecule has 0 saturated heterocycles. The molecule has 0 fully saturated rings. The van der Waals surface area contributed by atoms with Crippen molar-refractivity contribution in [1.29, 1.82) is 0 Å². The van der Waals surface area contributed by atoms with E-state index in [-0.39, 0.29) is 11.6 Å². The molecule has 0 spiro atoms. The van der Waals surface area contributed by atoms with Crippen molar-refractivity contribution in [3.63, 3.8) is 0 Å². The maximum absolute atomic E-state index is 13.5. The van der Waals surface area contributed by atoms with Crippen molar-refractivity contribution in [2.45, 2.75) is 32.7 Å². The molecule has 1 aromatic rings. The summed E-state index contributed by atoms with van der Waals surface area (Å²) in [5.74, 6) is -1.29. The summed E-state index contributed by atoms with van der Waals surface area (Å²) in [7, 11) is 0. The lowest BCUT2D eigenvalue weighted by Crippen LogP contribution is -2.35. The van der Waals surface area contributed by atoms with Gasteiger partial charge in [-0.3, -0.25) is 9.59 Å². The van der Waals surface area contributed by atoms with Crippen molar-refractivity contribution < 1.29 is 14.0 Å². The molecule has 0 bridgehead atoms. The van der Waals surface area contributed by atoms with E-state index in [2.05, 4.69) is 10.6 Å². The standard InChI is InChI=1S/C13H18FN3O2/c1-3-4-11(15)13(19)17-12-7-9(16-8(2)18)5-6-10(12)14/h5-7,11H,3-4,15H2,1-2H3,(H,16,18)(H,17,19)/t11-/m0/s1. The van der Waals surface area contributed by atoms with Crippen molar-refractivity contribution in [1.82, 2.24) is 0 Å². The number of rotatable bonds is 5. The zero-order valence-electron chi connectivity index (χ0n) is 11.0. The van der Waals surface area contributed by atoms with E-state index in [9.17, 15) is 14.0 Å². The zero-order chi connectivity index (χ0) is 14.4. The van der Waals surface area contributed by atoms with Crippen molar-refractivity contribution in [2.75, 3.05) is 10.6 Å². The minimum atomic E-state index is -0.672. The van der Waals surface area contributed by atoms with Crippen LogP contribution in [0.15, 0.2) is 18.2 Å². The SMILES string of the molecule is CCC[C@H](N)C(=O)Nc1cc(NC(C)=O)ccc1F. The van der Waals surface area contributed by atoms with E-state index in [0.29, 0.717) is 12.1 Å². The van der Waals surface area contributed by atoms with Gasteiger partial charge in [-0.05, 0) is 24.6 Å². The number of hydrogen-bond acceptors (Lipinski definition) is 3. The van der Waals surface area contributed by atoms with Crippen LogP contribution in [-0.4, -0.2) is 17.9 Å². The fraction of sp³-hybridized carbons (Fsp3) is 0.385. The minimum Gasteiger partial charge on any atom is -0.326 e. The number of halogens is 1. The number of benzene rings is 1. The van der Waals surface area contributed by atoms with Gasteiger partial charge in [0.25, 0.3) is 0 Å². The summed E-state index contributed by atoms with van der Waals surface area (Å²) < 4.78 is 13.5. The zero-order valence-corrected chi connectivity index (χ0v) is 11.0. The average Bonchev–Trinajstić information content (AvgIpc) is 2.33. The molecule has 104 valence electrons. The predicted octanol–water partition coefficient (Wildman–Crippen LogP) is 1.85. The van der Waals surface area contributed by atoms with Gasteiger partial charge < -0.3 is 16.4 Å². The van der Waals surface area contributed by atoms with Gasteiger partial charge in [0.2, 0.25) is 11.8 Å². The Morgan fingerprint density at radius 1 is 1.37 bits per heavy atom. The van der Waals surface area contributed by atoms with Crippen molar-refractivity contribution in [3.8, 4) is 0 Å². The molecule has 4 N–H and O–H groups in total. The van der Waals surface area contributed by atoms with E-state index in [1.807, 2.05) is 6.92 Å². The Morgan fingerprint density at radius 3 is 2.63 bits per heavy atom. The smallest absolute Gasteiger partial charge is 0.241 e. The summed E-state index contributed by atoms with van der Waals surface area (Å²) in [6.45, 7) is 3.25. The Morgan fingerprint density at radius 2 is 2.05 bits per heavy atom. The molecule has 19 heavy (non-hydrogen) atoms. The molecule has 0 aliphatic carbocycles. The van der Waals surface area contributed by atoms with Crippen LogP contribution in [0.5, 0.6) is 0 Å². The second-order valence-electron chi connectivity index (χ2n) is 4.26. The molecular weight excluding hydrogens is 249 g/mol. The Balaban J connectivity index is 2.82. The highest BCUT2D eigenvalue weighted by Crippen LogP contribution is 2.20. The Hall–Kier alpha value is -1.95. The number of amides is 2. The number of hydrogen-bond donors (Lipinski definition) is 3. The molecule has 0 radical (unpaired) electrons. The van der Waals surface area contributed by atoms with Crippen LogP contribution in [-0.2, 0) is 9.59 Å². The summed E-state index contributed by atoms with van der Waals surface area (Å²) in [6, 6.07) is 3.27. The largest absolute Gasteiger partial charge is 0.326 e. The van der Waals surface area contributed by atoms with Crippen LogP contribution in [0.3, 0.4) is 0 Å². The molecular formula is C13H18FN3O2. The molecule has 2 amide bonds. The summed E-state index contributed by atoms with van der Waals surface area (Å²) in [4.78, 5) is 22.6. The van der Waals surface area contributed by atoms with Crippen LogP contribution in [0.2, 0.25) is 0 Å². The van der Waals surface area contributed by atoms with Crippen LogP contribution < -0.4 is 16.4 Å². The first-order valence-electron chi connectivity index (χ1n) is 6.07. The average molecular weight is 267 g/mol.